The number of hydrogen-bond donors (Lipinski definition) is 0. The van der Waals surface area contributed by atoms with Gasteiger partial charge in [0.15, 0.2) is 69.6 Å². The van der Waals surface area contributed by atoms with Gasteiger partial charge in [0.25, 0.3) is 0 Å². The molecule has 0 amide bonds. The first kappa shape index (κ1) is 75.3. The SMILES string of the molecule is CCOC(=O)CCC(C)(C#N)N=NC(C)(C#N)CCC(=O)OCC(F)(F)S(=O)(=O)[O-].Cc1cc(-[s+]2c3ccccc3c3ccccc32)cc(C)c1OCC(=O)OC1(C)C2CC3CC(C2)CC1C3.Cc1cc(-[s+]2c3ccccc3c3ccccc32)cc(C)c1OCC(=O)OC1(C)C2CC3CC(C2)CC1C3. The molecule has 17 nitrogen and oxygen atoms in total. The van der Waals surface area contributed by atoms with E-state index in [4.69, 9.17) is 23.7 Å². The Morgan fingerprint density at radius 1 is 0.519 bits per heavy atom. The molecule has 104 heavy (non-hydrogen) atoms. The fourth-order valence-corrected chi connectivity index (χ4v) is 23.1. The van der Waals surface area contributed by atoms with E-state index in [1.807, 2.05) is 6.07 Å². The average Bonchev–Trinajstić information content (AvgIpc) is 1.15. The van der Waals surface area contributed by atoms with Crippen molar-refractivity contribution in [2.75, 3.05) is 26.4 Å². The zero-order chi connectivity index (χ0) is 74.3. The van der Waals surface area contributed by atoms with E-state index in [2.05, 4.69) is 178 Å². The summed E-state index contributed by atoms with van der Waals surface area (Å²) >= 11 is 0. The number of fused-ring (bicyclic) bond motifs is 6. The van der Waals surface area contributed by atoms with Gasteiger partial charge in [-0.3, -0.25) is 9.59 Å². The first-order valence-electron chi connectivity index (χ1n) is 36.1. The number of carbonyl (C=O) groups is 4. The third-order valence-electron chi connectivity index (χ3n) is 22.9. The summed E-state index contributed by atoms with van der Waals surface area (Å²) in [7, 11) is -6.28. The number of nitrogens with zero attached hydrogens (tertiary/aromatic N) is 4. The van der Waals surface area contributed by atoms with Crippen LogP contribution >= 0.6 is 20.9 Å². The van der Waals surface area contributed by atoms with Gasteiger partial charge >= 0.3 is 29.1 Å². The Bertz CT molecular complexity index is 4420. The Labute approximate surface area is 612 Å². The Kier molecular flexibility index (Phi) is 21.9. The number of nitriles is 2. The molecule has 0 N–H and O–H groups in total. The van der Waals surface area contributed by atoms with Gasteiger partial charge in [-0.05, 0) is 257 Å². The van der Waals surface area contributed by atoms with Crippen molar-refractivity contribution in [1.82, 2.24) is 0 Å². The first-order valence-corrected chi connectivity index (χ1v) is 40.0. The van der Waals surface area contributed by atoms with Crippen molar-refractivity contribution in [3.63, 3.8) is 0 Å². The van der Waals surface area contributed by atoms with Crippen LogP contribution in [-0.4, -0.2) is 90.8 Å². The molecule has 16 rings (SSSR count). The Hall–Kier alpha value is -8.41. The second-order valence-electron chi connectivity index (χ2n) is 30.4. The quantitative estimate of drug-likeness (QED) is 0.0201. The van der Waals surface area contributed by atoms with Gasteiger partial charge < -0.3 is 33.0 Å². The molecule has 548 valence electrons. The van der Waals surface area contributed by atoms with E-state index in [1.165, 1.54) is 128 Å². The maximum Gasteiger partial charge on any atom is 0.367 e. The standard InChI is InChI=1S/2C33H35O3S.C16H22F2N4O7S/c2*1-20-12-26(37-29-10-6-4-8-27(29)28-9-5-7-11-30(28)37)13-21(2)32(20)35-19-31(34)36-33(3)24-15-22-14-23(17-24)18-25(33)16-22;1-4-28-12(23)5-7-14(2,9-19)21-22-15(3,10-20)8-6-13(24)29-11-16(17,18)30(25,26)27/h2*4-13,22-25H,14-19H2,1-3H3;4-8,11H2,1-3H3,(H,25,26,27)/q2*+1;/p-1. The van der Waals surface area contributed by atoms with Crippen LogP contribution in [0.3, 0.4) is 0 Å². The number of aryl methyl sites for hydroxylation is 4. The van der Waals surface area contributed by atoms with E-state index in [0.717, 1.165) is 57.4 Å². The van der Waals surface area contributed by atoms with Crippen LogP contribution in [0.4, 0.5) is 8.78 Å². The second kappa shape index (κ2) is 30.2. The lowest BCUT2D eigenvalue weighted by atomic mass is 9.50. The van der Waals surface area contributed by atoms with Gasteiger partial charge in [-0.15, -0.1) is 0 Å². The molecular weight excluding hydrogens is 1380 g/mol. The van der Waals surface area contributed by atoms with Gasteiger partial charge in [0, 0.05) is 79.6 Å². The van der Waals surface area contributed by atoms with E-state index < -0.39 is 51.4 Å². The number of halogens is 2. The highest BCUT2D eigenvalue weighted by Crippen LogP contribution is 2.61. The lowest BCUT2D eigenvalue weighted by Gasteiger charge is -2.59. The maximum absolute atomic E-state index is 13.0. The Morgan fingerprint density at radius 3 is 1.11 bits per heavy atom. The molecule has 0 radical (unpaired) electrons. The van der Waals surface area contributed by atoms with Gasteiger partial charge in [0.05, 0.1) is 18.7 Å². The van der Waals surface area contributed by atoms with Crippen LogP contribution in [0.15, 0.2) is 132 Å². The second-order valence-corrected chi connectivity index (χ2v) is 35.8. The van der Waals surface area contributed by atoms with Gasteiger partial charge in [-0.25, -0.2) is 18.0 Å². The molecule has 6 aromatic carbocycles. The smallest absolute Gasteiger partial charge is 0.367 e. The van der Waals surface area contributed by atoms with Crippen LogP contribution in [0.1, 0.15) is 147 Å². The van der Waals surface area contributed by atoms with Gasteiger partial charge in [0.2, 0.25) is 0 Å². The molecule has 8 aliphatic rings. The van der Waals surface area contributed by atoms with Crippen LogP contribution in [0, 0.1) is 97.7 Å². The molecule has 8 aromatic rings. The minimum Gasteiger partial charge on any atom is -0.743 e. The van der Waals surface area contributed by atoms with E-state index >= 15 is 0 Å². The lowest BCUT2D eigenvalue weighted by molar-refractivity contribution is -0.205. The predicted octanol–water partition coefficient (Wildman–Crippen LogP) is 18.8. The first-order chi connectivity index (χ1) is 49.4. The highest BCUT2D eigenvalue weighted by atomic mass is 32.2. The molecular formula is C82H91F2N4O13S3+. The van der Waals surface area contributed by atoms with Crippen molar-refractivity contribution in [3.05, 3.63) is 144 Å². The summed E-state index contributed by atoms with van der Waals surface area (Å²) in [5, 5.41) is 26.6. The zero-order valence-electron chi connectivity index (χ0n) is 60.5. The van der Waals surface area contributed by atoms with Crippen molar-refractivity contribution in [2.45, 2.75) is 180 Å². The minimum absolute atomic E-state index is 0.0275. The van der Waals surface area contributed by atoms with Crippen molar-refractivity contribution in [1.29, 1.82) is 10.5 Å². The van der Waals surface area contributed by atoms with E-state index in [0.29, 0.717) is 23.7 Å². The summed E-state index contributed by atoms with van der Waals surface area (Å²) < 4.78 is 96.1. The number of alkyl halides is 2. The van der Waals surface area contributed by atoms with Crippen LogP contribution in [-0.2, 0) is 48.2 Å². The molecule has 0 spiro atoms. The fraction of sp³-hybridized carbons (Fsp3) is 0.488. The highest BCUT2D eigenvalue weighted by molar-refractivity contribution is 7.86. The zero-order valence-corrected chi connectivity index (χ0v) is 62.9. The molecule has 0 aliphatic heterocycles. The number of ether oxygens (including phenoxy) is 6. The lowest BCUT2D eigenvalue weighted by Crippen LogP contribution is -2.58. The maximum atomic E-state index is 13.0. The number of hydrogen-bond acceptors (Lipinski definition) is 17. The van der Waals surface area contributed by atoms with E-state index in [-0.39, 0.29) is 83.2 Å². The molecule has 8 fully saturated rings. The topological polar surface area (TPSA) is 253 Å². The largest absolute Gasteiger partial charge is 0.743 e. The molecule has 2 heterocycles. The monoisotopic (exact) mass is 1470 g/mol. The molecule has 8 saturated carbocycles. The molecule has 8 bridgehead atoms. The minimum atomic E-state index is -6.00. The number of thiophene rings is 2. The highest BCUT2D eigenvalue weighted by Gasteiger charge is 2.58. The molecule has 2 aromatic heterocycles. The third-order valence-corrected chi connectivity index (χ3v) is 28.3. The average molecular weight is 1470 g/mol. The summed E-state index contributed by atoms with van der Waals surface area (Å²) in [6.45, 7) is 15.1. The van der Waals surface area contributed by atoms with Gasteiger partial charge in [0.1, 0.15) is 22.7 Å². The molecule has 22 heteroatoms. The van der Waals surface area contributed by atoms with Crippen LogP contribution in [0.2, 0.25) is 0 Å². The number of esters is 4. The summed E-state index contributed by atoms with van der Waals surface area (Å²) in [6.07, 6.45) is 11.5. The molecule has 0 saturated heterocycles. The third kappa shape index (κ3) is 15.6. The summed E-state index contributed by atoms with van der Waals surface area (Å²) in [6, 6.07) is 47.6. The van der Waals surface area contributed by atoms with Crippen molar-refractivity contribution >= 4 is 95.3 Å². The number of rotatable bonds is 22. The fourth-order valence-electron chi connectivity index (χ4n) is 17.8. The van der Waals surface area contributed by atoms with Crippen molar-refractivity contribution < 1.29 is 69.4 Å². The summed E-state index contributed by atoms with van der Waals surface area (Å²) in [5.41, 5.74) is 0.537. The Morgan fingerprint density at radius 2 is 0.817 bits per heavy atom. The molecule has 2 atom stereocenters. The van der Waals surface area contributed by atoms with Crippen LogP contribution < -0.4 is 9.47 Å². The number of benzene rings is 6. The predicted molar refractivity (Wildman–Crippen MR) is 397 cm³/mol. The molecule has 8 aliphatic carbocycles. The number of azo groups is 1. The van der Waals surface area contributed by atoms with Crippen LogP contribution in [0.25, 0.3) is 50.1 Å². The summed E-state index contributed by atoms with van der Waals surface area (Å²) in [4.78, 5) is 51.6. The van der Waals surface area contributed by atoms with Gasteiger partial charge in [-0.2, -0.15) is 29.5 Å². The Balaban J connectivity index is 0.000000148. The van der Waals surface area contributed by atoms with E-state index in [1.54, 1.807) is 13.0 Å². The van der Waals surface area contributed by atoms with Crippen molar-refractivity contribution in [2.24, 2.45) is 57.6 Å². The van der Waals surface area contributed by atoms with Crippen molar-refractivity contribution in [3.8, 4) is 33.4 Å². The van der Waals surface area contributed by atoms with Crippen LogP contribution in [0.5, 0.6) is 11.5 Å². The number of carbonyl (C=O) groups excluding carboxylic acids is 4. The van der Waals surface area contributed by atoms with Gasteiger partial charge in [-0.1, -0.05) is 48.5 Å². The van der Waals surface area contributed by atoms with E-state index in [9.17, 15) is 51.5 Å². The summed E-state index contributed by atoms with van der Waals surface area (Å²) in [5.74, 6) is 4.84. The normalized spacial score (nSPS) is 24.7. The molecule has 2 unspecified atom stereocenters.